The van der Waals surface area contributed by atoms with Crippen molar-refractivity contribution in [2.75, 3.05) is 27.9 Å². The van der Waals surface area contributed by atoms with E-state index < -0.39 is 89.3 Å². The van der Waals surface area contributed by atoms with Gasteiger partial charge in [-0.2, -0.15) is 0 Å². The van der Waals surface area contributed by atoms with E-state index in [0.29, 0.717) is 0 Å². The van der Waals surface area contributed by atoms with Crippen molar-refractivity contribution >= 4 is 11.6 Å². The van der Waals surface area contributed by atoms with E-state index in [1.807, 2.05) is 0 Å². The molecule has 2 aromatic carbocycles. The summed E-state index contributed by atoms with van der Waals surface area (Å²) in [6.45, 7) is 0.793. The molecule has 228 valence electrons. The van der Waals surface area contributed by atoms with Gasteiger partial charge in [0.05, 0.1) is 42.1 Å². The number of aromatic hydroxyl groups is 2. The number of hydrogen-bond acceptors (Lipinski definition) is 13. The van der Waals surface area contributed by atoms with E-state index in [0.717, 1.165) is 0 Å². The highest BCUT2D eigenvalue weighted by atomic mass is 16.7. The molecule has 0 radical (unpaired) electrons. The molecule has 2 aliphatic carbocycles. The molecule has 0 spiro atoms. The Hall–Kier alpha value is -3.14. The summed E-state index contributed by atoms with van der Waals surface area (Å²) < 4.78 is 28.2. The van der Waals surface area contributed by atoms with Gasteiger partial charge in [0.1, 0.15) is 29.5 Å². The normalized spacial score (nSPS) is 29.1. The number of phenolic OH excluding ortho intramolecular Hbond substituents is 2. The monoisotopic (exact) mass is 589 g/mol. The van der Waals surface area contributed by atoms with Crippen LogP contribution >= 0.6 is 0 Å². The van der Waals surface area contributed by atoms with Crippen molar-refractivity contribution in [3.05, 3.63) is 51.6 Å². The lowest BCUT2D eigenvalue weighted by atomic mass is 9.70. The first-order valence-electron chi connectivity index (χ1n) is 13.4. The number of benzene rings is 2. The van der Waals surface area contributed by atoms with Gasteiger partial charge in [-0.3, -0.25) is 9.59 Å². The first-order chi connectivity index (χ1) is 19.9. The summed E-state index contributed by atoms with van der Waals surface area (Å²) in [5.41, 5.74) is 2.82. The van der Waals surface area contributed by atoms with E-state index in [4.69, 9.17) is 29.4 Å². The number of carbonyl (C=O) groups excluding carboxylic acids is 2. The first-order valence-corrected chi connectivity index (χ1v) is 13.4. The molecule has 2 aromatic rings. The summed E-state index contributed by atoms with van der Waals surface area (Å²) in [4.78, 5) is 27.5. The Morgan fingerprint density at radius 1 is 1.07 bits per heavy atom. The van der Waals surface area contributed by atoms with Gasteiger partial charge in [0.2, 0.25) is 11.6 Å². The van der Waals surface area contributed by atoms with Crippen molar-refractivity contribution in [2.24, 2.45) is 5.73 Å². The Morgan fingerprint density at radius 2 is 1.74 bits per heavy atom. The van der Waals surface area contributed by atoms with Crippen molar-refractivity contribution in [1.82, 2.24) is 0 Å². The highest BCUT2D eigenvalue weighted by Gasteiger charge is 2.58. The van der Waals surface area contributed by atoms with E-state index >= 15 is 0 Å². The molecule has 13 nitrogen and oxygen atoms in total. The molecule has 5 unspecified atom stereocenters. The number of fused-ring (bicyclic) bond motifs is 3. The largest absolute Gasteiger partial charge is 0.507 e. The van der Waals surface area contributed by atoms with Crippen LogP contribution in [0, 0.1) is 0 Å². The fourth-order valence-electron chi connectivity index (χ4n) is 6.42. The SMILES string of the molecule is COc1cccc2c1C(=O)c1c(O)c3c(c(O)c1C2=O)C[C@@](O)(C(CO)(OC)OC)CC3OC1CC(N)C(O)C(C)O1. The smallest absolute Gasteiger partial charge is 0.221 e. The number of carbonyl (C=O) groups is 2. The van der Waals surface area contributed by atoms with Crippen LogP contribution in [-0.4, -0.2) is 101 Å². The minimum Gasteiger partial charge on any atom is -0.507 e. The quantitative estimate of drug-likeness (QED) is 0.163. The molecule has 0 saturated carbocycles. The van der Waals surface area contributed by atoms with Crippen LogP contribution in [0.2, 0.25) is 0 Å². The van der Waals surface area contributed by atoms with Crippen LogP contribution in [0.5, 0.6) is 17.2 Å². The van der Waals surface area contributed by atoms with Crippen LogP contribution in [0.15, 0.2) is 18.2 Å². The fourth-order valence-corrected chi connectivity index (χ4v) is 6.42. The molecule has 7 N–H and O–H groups in total. The Kier molecular flexibility index (Phi) is 7.83. The van der Waals surface area contributed by atoms with Gasteiger partial charge >= 0.3 is 0 Å². The predicted octanol–water partition coefficient (Wildman–Crippen LogP) is 0.421. The summed E-state index contributed by atoms with van der Waals surface area (Å²) in [6, 6.07) is 3.71. The predicted molar refractivity (Wildman–Crippen MR) is 143 cm³/mol. The molecule has 42 heavy (non-hydrogen) atoms. The number of ether oxygens (including phenoxy) is 5. The summed E-state index contributed by atoms with van der Waals surface area (Å²) in [7, 11) is 3.77. The summed E-state index contributed by atoms with van der Waals surface area (Å²) in [5.74, 6) is -4.68. The second-order valence-electron chi connectivity index (χ2n) is 10.9. The number of rotatable bonds is 7. The Balaban J connectivity index is 1.72. The number of nitrogens with two attached hydrogens (primary N) is 1. The Morgan fingerprint density at radius 3 is 2.33 bits per heavy atom. The standard InChI is InChI=1S/C29H35NO12/c1-12-23(32)15(30)8-18(41-12)42-17-10-28(37,29(11-31,39-3)40-4)9-14-20(17)27(36)22-21(25(14)34)24(33)13-6-5-7-16(38-2)19(13)26(22)35/h5-7,12,15,17-18,23,31-32,34,36-37H,8-11,30H2,1-4H3/t12?,15?,17?,18?,23?,28-/m0/s1. The molecule has 0 amide bonds. The fraction of sp³-hybridized carbons (Fsp3) is 0.517. The van der Waals surface area contributed by atoms with Crippen molar-refractivity contribution in [3.8, 4) is 17.2 Å². The number of ketones is 2. The molecule has 6 atom stereocenters. The maximum absolute atomic E-state index is 13.8. The van der Waals surface area contributed by atoms with Gasteiger partial charge in [-0.15, -0.1) is 0 Å². The minimum atomic E-state index is -2.09. The van der Waals surface area contributed by atoms with Crippen LogP contribution in [0.25, 0.3) is 0 Å². The molecule has 1 aliphatic heterocycles. The zero-order valence-corrected chi connectivity index (χ0v) is 23.6. The lowest BCUT2D eigenvalue weighted by Crippen LogP contribution is -2.62. The number of aliphatic hydroxyl groups excluding tert-OH is 2. The second-order valence-corrected chi connectivity index (χ2v) is 10.9. The third kappa shape index (κ3) is 4.31. The van der Waals surface area contributed by atoms with Crippen molar-refractivity contribution < 1.29 is 58.8 Å². The van der Waals surface area contributed by atoms with Crippen molar-refractivity contribution in [3.63, 3.8) is 0 Å². The summed E-state index contributed by atoms with van der Waals surface area (Å²) >= 11 is 0. The highest BCUT2D eigenvalue weighted by molar-refractivity contribution is 6.31. The zero-order chi connectivity index (χ0) is 30.7. The molecular weight excluding hydrogens is 554 g/mol. The lowest BCUT2D eigenvalue weighted by molar-refractivity contribution is -0.329. The van der Waals surface area contributed by atoms with Gasteiger partial charge in [-0.25, -0.2) is 0 Å². The second kappa shape index (κ2) is 10.8. The van der Waals surface area contributed by atoms with Crippen LogP contribution in [0.4, 0.5) is 0 Å². The molecule has 1 fully saturated rings. The van der Waals surface area contributed by atoms with Gasteiger partial charge in [-0.05, 0) is 13.0 Å². The van der Waals surface area contributed by atoms with Crippen molar-refractivity contribution in [2.45, 2.75) is 68.2 Å². The highest BCUT2D eigenvalue weighted by Crippen LogP contribution is 2.54. The molecule has 1 heterocycles. The molecule has 0 bridgehead atoms. The molecule has 5 rings (SSSR count). The third-order valence-corrected chi connectivity index (χ3v) is 8.72. The maximum Gasteiger partial charge on any atom is 0.221 e. The van der Waals surface area contributed by atoms with E-state index in [1.165, 1.54) is 39.5 Å². The first kappa shape index (κ1) is 30.3. The zero-order valence-electron chi connectivity index (χ0n) is 23.6. The number of hydrogen-bond donors (Lipinski definition) is 6. The molecule has 13 heteroatoms. The van der Waals surface area contributed by atoms with E-state index in [-0.39, 0.29) is 40.8 Å². The van der Waals surface area contributed by atoms with Gasteiger partial charge < -0.3 is 55.0 Å². The molecular formula is C29H35NO12. The van der Waals surface area contributed by atoms with Crippen LogP contribution in [-0.2, 0) is 25.4 Å². The van der Waals surface area contributed by atoms with E-state index in [9.17, 15) is 35.1 Å². The number of aliphatic hydroxyl groups is 3. The van der Waals surface area contributed by atoms with Gasteiger partial charge in [-0.1, -0.05) is 12.1 Å². The van der Waals surface area contributed by atoms with Crippen LogP contribution in [0.1, 0.15) is 68.8 Å². The Bertz CT molecular complexity index is 1400. The molecule has 0 aromatic heterocycles. The van der Waals surface area contributed by atoms with E-state index in [1.54, 1.807) is 6.92 Å². The number of methoxy groups -OCH3 is 3. The average molecular weight is 590 g/mol. The summed E-state index contributed by atoms with van der Waals surface area (Å²) in [6.07, 6.45) is -4.83. The maximum atomic E-state index is 13.8. The average Bonchev–Trinajstić information content (AvgIpc) is 2.96. The Labute approximate surface area is 241 Å². The van der Waals surface area contributed by atoms with E-state index in [2.05, 4.69) is 0 Å². The third-order valence-electron chi connectivity index (χ3n) is 8.72. The van der Waals surface area contributed by atoms with Crippen molar-refractivity contribution in [1.29, 1.82) is 0 Å². The van der Waals surface area contributed by atoms with Crippen LogP contribution in [0.3, 0.4) is 0 Å². The molecule has 3 aliphatic rings. The lowest BCUT2D eigenvalue weighted by Gasteiger charge is -2.49. The minimum absolute atomic E-state index is 0.0315. The van der Waals surface area contributed by atoms with Gasteiger partial charge in [0, 0.05) is 56.2 Å². The molecule has 1 saturated heterocycles. The van der Waals surface area contributed by atoms with Gasteiger partial charge in [0.15, 0.2) is 12.1 Å². The van der Waals surface area contributed by atoms with Crippen LogP contribution < -0.4 is 10.5 Å². The van der Waals surface area contributed by atoms with Gasteiger partial charge in [0.25, 0.3) is 0 Å². The summed E-state index contributed by atoms with van der Waals surface area (Å²) in [5, 5.41) is 55.7. The topological polar surface area (TPSA) is 207 Å². The number of phenols is 2.